The Morgan fingerprint density at radius 1 is 1.02 bits per heavy atom. The molecule has 1 amide bonds. The molecule has 0 spiro atoms. The molecule has 0 radical (unpaired) electrons. The molecule has 2 aliphatic carbocycles. The highest BCUT2D eigenvalue weighted by molar-refractivity contribution is 8.00. The van der Waals surface area contributed by atoms with Crippen LogP contribution >= 0.6 is 11.8 Å². The molecule has 1 heterocycles. The lowest BCUT2D eigenvalue weighted by atomic mass is 9.56. The van der Waals surface area contributed by atoms with Gasteiger partial charge in [0.05, 0.1) is 28.4 Å². The summed E-state index contributed by atoms with van der Waals surface area (Å²) in [6, 6.07) is 26.5. The lowest BCUT2D eigenvalue weighted by Crippen LogP contribution is -2.64. The Bertz CT molecular complexity index is 2210. The third kappa shape index (κ3) is 9.39. The predicted octanol–water partition coefficient (Wildman–Crippen LogP) is 9.48. The number of nitrogens with one attached hydrogen (secondary N) is 1. The summed E-state index contributed by atoms with van der Waals surface area (Å²) in [6.07, 6.45) is 8.48. The van der Waals surface area contributed by atoms with Gasteiger partial charge in [-0.15, -0.1) is 18.3 Å². The van der Waals surface area contributed by atoms with Gasteiger partial charge in [-0.05, 0) is 109 Å². The summed E-state index contributed by atoms with van der Waals surface area (Å²) < 4.78 is 20.1. The van der Waals surface area contributed by atoms with Crippen LogP contribution in [-0.2, 0) is 16.2 Å². The van der Waals surface area contributed by atoms with E-state index in [0.717, 1.165) is 63.8 Å². The highest BCUT2D eigenvalue weighted by Crippen LogP contribution is 2.63. The second kappa shape index (κ2) is 19.9. The first-order valence-electron chi connectivity index (χ1n) is 20.8. The average Bonchev–Trinajstić information content (AvgIpc) is 3.25. The quantitative estimate of drug-likeness (QED) is 0.0359. The maximum atomic E-state index is 12.7. The summed E-state index contributed by atoms with van der Waals surface area (Å²) in [5.74, 6) is -0.649. The highest BCUT2D eigenvalue weighted by Gasteiger charge is 2.64. The van der Waals surface area contributed by atoms with Crippen LogP contribution in [-0.4, -0.2) is 64.3 Å². The van der Waals surface area contributed by atoms with Gasteiger partial charge in [-0.3, -0.25) is 10.1 Å². The maximum Gasteiger partial charge on any atom is 0.412 e. The van der Waals surface area contributed by atoms with E-state index in [1.165, 1.54) is 12.1 Å². The van der Waals surface area contributed by atoms with Crippen LogP contribution in [0.3, 0.4) is 0 Å². The van der Waals surface area contributed by atoms with Crippen molar-refractivity contribution in [2.45, 2.75) is 80.3 Å². The van der Waals surface area contributed by atoms with Crippen LogP contribution in [0.15, 0.2) is 119 Å². The molecule has 60 heavy (non-hydrogen) atoms. The normalized spacial score (nSPS) is 23.5. The first-order chi connectivity index (χ1) is 29.3. The Hall–Kier alpha value is -5.21. The number of amides is 1. The standard InChI is InChI=1S/C47H53N3O9S/c1-3-25-56-47-43(60-37-21-17-32-11-5-6-12-33(32)26-37)29-41(49-57-30-31-15-18-35(19-16-31)50(54)55)39-27-34(13-7-9-23-51)38(14-8-10-24-52)44(45(39)47)40-28-36(20-22-42(40)59-47)58-46(53)48-4-2/h3,5-6,11-12,15-22,26-28,34,38,43-45,51-52H,1,4,7-10,13-14,23-25,29-30H2,2H3,(H,48,53)/t34-,38+,43-,44+,45+,47+/m0/s1. The molecule has 1 fully saturated rings. The van der Waals surface area contributed by atoms with Gasteiger partial charge in [0, 0.05) is 54.7 Å². The van der Waals surface area contributed by atoms with Crippen molar-refractivity contribution < 1.29 is 39.0 Å². The SMILES string of the molecule is C=CCO[C@@]12Oc3ccc(OC(=O)NCC)cc3[C@H]3[C@H](CCCCO)[C@@H](CCCCO)C=C(C(=NOCc4ccc([N+](=O)[O-])cc4)C[C@@H]1Sc1ccc4ccccc4c1)[C@H]32. The van der Waals surface area contributed by atoms with Gasteiger partial charge >= 0.3 is 6.09 Å². The molecule has 0 aromatic heterocycles. The molecule has 0 saturated heterocycles. The number of fused-ring (bicyclic) bond motifs is 3. The summed E-state index contributed by atoms with van der Waals surface area (Å²) in [4.78, 5) is 30.8. The number of carbonyl (C=O) groups excluding carboxylic acids is 1. The summed E-state index contributed by atoms with van der Waals surface area (Å²) >= 11 is 1.67. The molecule has 4 aromatic carbocycles. The van der Waals surface area contributed by atoms with Crippen molar-refractivity contribution in [3.8, 4) is 11.5 Å². The van der Waals surface area contributed by atoms with E-state index in [1.807, 2.05) is 31.2 Å². The number of rotatable bonds is 19. The van der Waals surface area contributed by atoms with Gasteiger partial charge in [-0.1, -0.05) is 60.5 Å². The number of hydrogen-bond donors (Lipinski definition) is 3. The van der Waals surface area contributed by atoms with Gasteiger partial charge < -0.3 is 34.6 Å². The van der Waals surface area contributed by atoms with E-state index in [1.54, 1.807) is 36.0 Å². The summed E-state index contributed by atoms with van der Waals surface area (Å²) in [6.45, 7) is 6.78. The number of nitro benzene ring substituents is 1. The van der Waals surface area contributed by atoms with Gasteiger partial charge in [0.2, 0.25) is 5.79 Å². The van der Waals surface area contributed by atoms with Crippen molar-refractivity contribution in [2.24, 2.45) is 22.9 Å². The summed E-state index contributed by atoms with van der Waals surface area (Å²) in [5.41, 5.74) is 3.34. The molecule has 12 nitrogen and oxygen atoms in total. The van der Waals surface area contributed by atoms with Gasteiger partial charge in [0.25, 0.3) is 5.69 Å². The van der Waals surface area contributed by atoms with Crippen molar-refractivity contribution in [3.05, 3.63) is 130 Å². The molecule has 4 aromatic rings. The lowest BCUT2D eigenvalue weighted by molar-refractivity contribution is -0.384. The predicted molar refractivity (Wildman–Crippen MR) is 232 cm³/mol. The summed E-state index contributed by atoms with van der Waals surface area (Å²) in [5, 5.41) is 40.6. The molecule has 6 atom stereocenters. The molecular weight excluding hydrogens is 783 g/mol. The maximum absolute atomic E-state index is 12.7. The number of aliphatic hydroxyl groups excluding tert-OH is 2. The molecule has 3 aliphatic rings. The molecule has 316 valence electrons. The average molecular weight is 836 g/mol. The molecule has 7 rings (SSSR count). The van der Waals surface area contributed by atoms with Gasteiger partial charge in [0.15, 0.2) is 0 Å². The number of hydrogen-bond acceptors (Lipinski definition) is 11. The molecule has 1 aliphatic heterocycles. The van der Waals surface area contributed by atoms with E-state index in [-0.39, 0.29) is 55.1 Å². The number of benzene rings is 4. The Labute approximate surface area is 354 Å². The lowest BCUT2D eigenvalue weighted by Gasteiger charge is -2.58. The number of nitrogens with zero attached hydrogens (tertiary/aromatic N) is 2. The Kier molecular flexibility index (Phi) is 14.2. The number of oxime groups is 1. The van der Waals surface area contributed by atoms with Crippen LogP contribution in [0, 0.1) is 27.9 Å². The minimum Gasteiger partial charge on any atom is -0.460 e. The van der Waals surface area contributed by atoms with E-state index < -0.39 is 22.7 Å². The zero-order valence-electron chi connectivity index (χ0n) is 33.9. The second-order valence-electron chi connectivity index (χ2n) is 15.5. The van der Waals surface area contributed by atoms with E-state index in [2.05, 4.69) is 48.3 Å². The second-order valence-corrected chi connectivity index (χ2v) is 16.8. The molecule has 3 N–H and O–H groups in total. The Balaban J connectivity index is 1.39. The molecular formula is C47H53N3O9S. The van der Waals surface area contributed by atoms with E-state index in [0.29, 0.717) is 37.3 Å². The fraction of sp³-hybridized carbons (Fsp3) is 0.404. The van der Waals surface area contributed by atoms with Gasteiger partial charge in [-0.2, -0.15) is 0 Å². The van der Waals surface area contributed by atoms with Crippen LogP contribution in [0.2, 0.25) is 0 Å². The third-order valence-electron chi connectivity index (χ3n) is 11.7. The Morgan fingerprint density at radius 2 is 1.78 bits per heavy atom. The van der Waals surface area contributed by atoms with E-state index >= 15 is 0 Å². The van der Waals surface area contributed by atoms with Crippen LogP contribution < -0.4 is 14.8 Å². The molecule has 0 bridgehead atoms. The van der Waals surface area contributed by atoms with Gasteiger partial charge in [-0.25, -0.2) is 4.79 Å². The fourth-order valence-electron chi connectivity index (χ4n) is 9.08. The van der Waals surface area contributed by atoms with Crippen molar-refractivity contribution in [1.29, 1.82) is 0 Å². The first kappa shape index (κ1) is 42.9. The number of non-ortho nitro benzene ring substituents is 1. The highest BCUT2D eigenvalue weighted by atomic mass is 32.2. The number of nitro groups is 1. The first-order valence-corrected chi connectivity index (χ1v) is 21.7. The topological polar surface area (TPSA) is 162 Å². The Morgan fingerprint density at radius 3 is 2.52 bits per heavy atom. The number of aliphatic hydroxyl groups is 2. The number of unbranched alkanes of at least 4 members (excludes halogenated alkanes) is 2. The number of carbonyl (C=O) groups is 1. The van der Waals surface area contributed by atoms with Crippen LogP contribution in [0.25, 0.3) is 10.8 Å². The van der Waals surface area contributed by atoms with Crippen molar-refractivity contribution in [1.82, 2.24) is 5.32 Å². The molecule has 0 unspecified atom stereocenters. The van der Waals surface area contributed by atoms with E-state index in [9.17, 15) is 25.1 Å². The monoisotopic (exact) mass is 835 g/mol. The number of ether oxygens (including phenoxy) is 3. The van der Waals surface area contributed by atoms with Crippen molar-refractivity contribution >= 4 is 40.0 Å². The minimum absolute atomic E-state index is 0.00178. The van der Waals surface area contributed by atoms with Gasteiger partial charge in [0.1, 0.15) is 18.1 Å². The molecule has 1 saturated carbocycles. The number of allylic oxidation sites excluding steroid dienone is 1. The largest absolute Gasteiger partial charge is 0.460 e. The van der Waals surface area contributed by atoms with Crippen LogP contribution in [0.1, 0.15) is 68.9 Å². The van der Waals surface area contributed by atoms with Crippen molar-refractivity contribution in [3.63, 3.8) is 0 Å². The molecule has 13 heteroatoms. The minimum atomic E-state index is -1.21. The zero-order chi connectivity index (χ0) is 42.1. The zero-order valence-corrected chi connectivity index (χ0v) is 34.7. The summed E-state index contributed by atoms with van der Waals surface area (Å²) in [7, 11) is 0. The van der Waals surface area contributed by atoms with Crippen molar-refractivity contribution in [2.75, 3.05) is 26.4 Å². The van der Waals surface area contributed by atoms with Crippen LogP contribution in [0.5, 0.6) is 11.5 Å². The third-order valence-corrected chi connectivity index (χ3v) is 13.0. The smallest absolute Gasteiger partial charge is 0.412 e. The van der Waals surface area contributed by atoms with Crippen LogP contribution in [0.4, 0.5) is 10.5 Å². The fourth-order valence-corrected chi connectivity index (χ4v) is 10.4. The number of thioether (sulfide) groups is 1. The van der Waals surface area contributed by atoms with E-state index in [4.69, 9.17) is 24.2 Å².